The van der Waals surface area contributed by atoms with Crippen LogP contribution in [0.5, 0.6) is 0 Å². The highest BCUT2D eigenvalue weighted by atomic mass is 16.5. The first-order valence-electron chi connectivity index (χ1n) is 8.01. The molecule has 3 heteroatoms. The van der Waals surface area contributed by atoms with Crippen molar-refractivity contribution in [2.75, 3.05) is 33.4 Å². The van der Waals surface area contributed by atoms with Crippen molar-refractivity contribution in [3.8, 4) is 0 Å². The second-order valence-electron chi connectivity index (χ2n) is 6.63. The molecule has 0 aromatic carbocycles. The fourth-order valence-electron chi connectivity index (χ4n) is 2.95. The van der Waals surface area contributed by atoms with Crippen LogP contribution in [0, 0.1) is 17.8 Å². The quantitative estimate of drug-likeness (QED) is 0.627. The van der Waals surface area contributed by atoms with Crippen LogP contribution >= 0.6 is 0 Å². The minimum absolute atomic E-state index is 0.677. The van der Waals surface area contributed by atoms with Gasteiger partial charge in [0, 0.05) is 19.7 Å². The van der Waals surface area contributed by atoms with Crippen LogP contribution in [-0.2, 0) is 4.74 Å². The zero-order valence-electron chi connectivity index (χ0n) is 13.4. The minimum atomic E-state index is 0.677. The van der Waals surface area contributed by atoms with Gasteiger partial charge in [-0.2, -0.15) is 0 Å². The molecule has 0 aromatic heterocycles. The maximum absolute atomic E-state index is 5.91. The van der Waals surface area contributed by atoms with E-state index in [2.05, 4.69) is 25.7 Å². The number of hydrogen-bond acceptors (Lipinski definition) is 3. The molecule has 19 heavy (non-hydrogen) atoms. The first-order valence-corrected chi connectivity index (χ1v) is 8.01. The summed E-state index contributed by atoms with van der Waals surface area (Å²) >= 11 is 0. The minimum Gasteiger partial charge on any atom is -0.383 e. The van der Waals surface area contributed by atoms with Gasteiger partial charge in [-0.3, -0.25) is 4.90 Å². The number of nitrogens with two attached hydrogens (primary N) is 1. The summed E-state index contributed by atoms with van der Waals surface area (Å²) in [7, 11) is 1.79. The van der Waals surface area contributed by atoms with Crippen LogP contribution in [0.2, 0.25) is 0 Å². The summed E-state index contributed by atoms with van der Waals surface area (Å²) in [5.41, 5.74) is 5.91. The molecule has 1 fully saturated rings. The summed E-state index contributed by atoms with van der Waals surface area (Å²) in [6.45, 7) is 10.9. The number of methoxy groups -OCH3 is 1. The Kier molecular flexibility index (Phi) is 7.96. The lowest BCUT2D eigenvalue weighted by atomic mass is 9.94. The van der Waals surface area contributed by atoms with Gasteiger partial charge in [-0.25, -0.2) is 0 Å². The molecule has 1 rings (SSSR count). The van der Waals surface area contributed by atoms with Crippen molar-refractivity contribution in [2.24, 2.45) is 23.5 Å². The van der Waals surface area contributed by atoms with Crippen molar-refractivity contribution in [1.29, 1.82) is 0 Å². The van der Waals surface area contributed by atoms with Crippen molar-refractivity contribution in [2.45, 2.75) is 52.5 Å². The van der Waals surface area contributed by atoms with Gasteiger partial charge >= 0.3 is 0 Å². The maximum atomic E-state index is 5.91. The fraction of sp³-hybridized carbons (Fsp3) is 1.00. The first kappa shape index (κ1) is 16.9. The van der Waals surface area contributed by atoms with Gasteiger partial charge in [-0.15, -0.1) is 0 Å². The molecule has 2 N–H and O–H groups in total. The molecule has 0 amide bonds. The number of hydrogen-bond donors (Lipinski definition) is 1. The van der Waals surface area contributed by atoms with E-state index >= 15 is 0 Å². The van der Waals surface area contributed by atoms with Gasteiger partial charge in [0.25, 0.3) is 0 Å². The highest BCUT2D eigenvalue weighted by Gasteiger charge is 2.31. The lowest BCUT2D eigenvalue weighted by Crippen LogP contribution is -2.39. The Morgan fingerprint density at radius 3 is 2.37 bits per heavy atom. The number of rotatable bonds is 11. The largest absolute Gasteiger partial charge is 0.383 e. The van der Waals surface area contributed by atoms with Crippen LogP contribution in [0.1, 0.15) is 46.5 Å². The molecule has 0 bridgehead atoms. The summed E-state index contributed by atoms with van der Waals surface area (Å²) in [5, 5.41) is 0. The van der Waals surface area contributed by atoms with E-state index < -0.39 is 0 Å². The summed E-state index contributed by atoms with van der Waals surface area (Å²) in [4.78, 5) is 2.62. The number of ether oxygens (including phenoxy) is 1. The van der Waals surface area contributed by atoms with E-state index in [0.29, 0.717) is 12.0 Å². The van der Waals surface area contributed by atoms with E-state index in [1.165, 1.54) is 32.2 Å². The van der Waals surface area contributed by atoms with E-state index in [-0.39, 0.29) is 0 Å². The van der Waals surface area contributed by atoms with E-state index in [1.807, 2.05) is 0 Å². The highest BCUT2D eigenvalue weighted by Crippen LogP contribution is 2.35. The molecule has 1 aliphatic carbocycles. The molecule has 114 valence electrons. The second-order valence-corrected chi connectivity index (χ2v) is 6.63. The summed E-state index contributed by atoms with van der Waals surface area (Å²) in [6.07, 6.45) is 5.32. The van der Waals surface area contributed by atoms with E-state index in [1.54, 1.807) is 7.11 Å². The molecule has 2 unspecified atom stereocenters. The number of nitrogens with zero attached hydrogens (tertiary/aromatic N) is 1. The molecule has 0 radical (unpaired) electrons. The Morgan fingerprint density at radius 2 is 1.89 bits per heavy atom. The van der Waals surface area contributed by atoms with E-state index in [9.17, 15) is 0 Å². The van der Waals surface area contributed by atoms with E-state index in [0.717, 1.165) is 31.5 Å². The molecular weight excluding hydrogens is 236 g/mol. The van der Waals surface area contributed by atoms with Crippen molar-refractivity contribution in [1.82, 2.24) is 4.90 Å². The second kappa shape index (κ2) is 8.93. The first-order chi connectivity index (χ1) is 9.08. The van der Waals surface area contributed by atoms with Gasteiger partial charge in [-0.05, 0) is 63.5 Å². The zero-order chi connectivity index (χ0) is 14.3. The Bertz CT molecular complexity index is 229. The molecule has 1 saturated carbocycles. The lowest BCUT2D eigenvalue weighted by molar-refractivity contribution is 0.111. The van der Waals surface area contributed by atoms with Crippen LogP contribution in [0.15, 0.2) is 0 Å². The molecule has 0 spiro atoms. The van der Waals surface area contributed by atoms with Crippen LogP contribution in [0.4, 0.5) is 0 Å². The Morgan fingerprint density at radius 1 is 1.21 bits per heavy atom. The van der Waals surface area contributed by atoms with Crippen molar-refractivity contribution in [3.63, 3.8) is 0 Å². The van der Waals surface area contributed by atoms with E-state index in [4.69, 9.17) is 10.5 Å². The van der Waals surface area contributed by atoms with Gasteiger partial charge in [0.15, 0.2) is 0 Å². The Balaban J connectivity index is 2.37. The Hall–Kier alpha value is -0.120. The monoisotopic (exact) mass is 270 g/mol. The van der Waals surface area contributed by atoms with Crippen LogP contribution in [0.25, 0.3) is 0 Å². The standard InChI is InChI=1S/C16H34N2O/c1-13(2)11-15(12-17)7-8-18(9-10-19-4)14(3)16-5-6-16/h13-16H,5-12,17H2,1-4H3. The summed E-state index contributed by atoms with van der Waals surface area (Å²) in [5.74, 6) is 2.36. The molecule has 3 nitrogen and oxygen atoms in total. The van der Waals surface area contributed by atoms with Gasteiger partial charge < -0.3 is 10.5 Å². The topological polar surface area (TPSA) is 38.5 Å². The molecule has 1 aliphatic rings. The van der Waals surface area contributed by atoms with Gasteiger partial charge in [0.05, 0.1) is 6.61 Å². The molecule has 0 heterocycles. The maximum Gasteiger partial charge on any atom is 0.0589 e. The van der Waals surface area contributed by atoms with Crippen LogP contribution < -0.4 is 5.73 Å². The summed E-state index contributed by atoms with van der Waals surface area (Å²) < 4.78 is 5.25. The predicted octanol–water partition coefficient (Wildman–Crippen LogP) is 2.74. The normalized spacial score (nSPS) is 19.1. The van der Waals surface area contributed by atoms with Gasteiger partial charge in [-0.1, -0.05) is 13.8 Å². The van der Waals surface area contributed by atoms with Gasteiger partial charge in [0.1, 0.15) is 0 Å². The molecule has 0 aromatic rings. The molecular formula is C16H34N2O. The van der Waals surface area contributed by atoms with Crippen LogP contribution in [-0.4, -0.2) is 44.3 Å². The molecule has 0 aliphatic heterocycles. The third-order valence-corrected chi connectivity index (χ3v) is 4.43. The fourth-order valence-corrected chi connectivity index (χ4v) is 2.95. The SMILES string of the molecule is COCCN(CCC(CN)CC(C)C)C(C)C1CC1. The summed E-state index contributed by atoms with van der Waals surface area (Å²) in [6, 6.07) is 0.715. The smallest absolute Gasteiger partial charge is 0.0589 e. The zero-order valence-corrected chi connectivity index (χ0v) is 13.4. The molecule has 0 saturated heterocycles. The average molecular weight is 270 g/mol. The average Bonchev–Trinajstić information content (AvgIpc) is 3.20. The third-order valence-electron chi connectivity index (χ3n) is 4.43. The van der Waals surface area contributed by atoms with Crippen molar-refractivity contribution in [3.05, 3.63) is 0 Å². The molecule has 2 atom stereocenters. The van der Waals surface area contributed by atoms with Gasteiger partial charge in [0.2, 0.25) is 0 Å². The lowest BCUT2D eigenvalue weighted by Gasteiger charge is -2.30. The van der Waals surface area contributed by atoms with Crippen LogP contribution in [0.3, 0.4) is 0 Å². The highest BCUT2D eigenvalue weighted by molar-refractivity contribution is 4.85. The Labute approximate surface area is 119 Å². The third kappa shape index (κ3) is 6.73. The van der Waals surface area contributed by atoms with Crippen molar-refractivity contribution >= 4 is 0 Å². The van der Waals surface area contributed by atoms with Crippen molar-refractivity contribution < 1.29 is 4.74 Å². The predicted molar refractivity (Wildman–Crippen MR) is 82.3 cm³/mol.